The average Bonchev–Trinajstić information content (AvgIpc) is 3.01. The summed E-state index contributed by atoms with van der Waals surface area (Å²) < 4.78 is 0. The maximum Gasteiger partial charge on any atom is 0.320 e. The lowest BCUT2D eigenvalue weighted by molar-refractivity contribution is -0.128. The molecule has 0 radical (unpaired) electrons. The smallest absolute Gasteiger partial charge is 0.320 e. The van der Waals surface area contributed by atoms with Gasteiger partial charge in [-0.2, -0.15) is 0 Å². The SMILES string of the molecule is O=C(Nc1ccccn1)N[C@@H](CN1CCCC1=O)c1ccccc1. The predicted molar refractivity (Wildman–Crippen MR) is 91.4 cm³/mol. The highest BCUT2D eigenvalue weighted by molar-refractivity contribution is 5.88. The van der Waals surface area contributed by atoms with Gasteiger partial charge in [0.05, 0.1) is 6.04 Å². The number of hydrogen-bond acceptors (Lipinski definition) is 3. The van der Waals surface area contributed by atoms with Crippen LogP contribution >= 0.6 is 0 Å². The first kappa shape index (κ1) is 16.0. The topological polar surface area (TPSA) is 74.3 Å². The van der Waals surface area contributed by atoms with Crippen LogP contribution in [-0.4, -0.2) is 34.9 Å². The Labute approximate surface area is 140 Å². The fourth-order valence-corrected chi connectivity index (χ4v) is 2.78. The minimum atomic E-state index is -0.339. The Morgan fingerprint density at radius 1 is 1.17 bits per heavy atom. The van der Waals surface area contributed by atoms with E-state index < -0.39 is 0 Å². The molecule has 2 N–H and O–H groups in total. The summed E-state index contributed by atoms with van der Waals surface area (Å²) in [5, 5.41) is 5.66. The molecule has 6 nitrogen and oxygen atoms in total. The molecule has 0 unspecified atom stereocenters. The van der Waals surface area contributed by atoms with Crippen LogP contribution in [0.5, 0.6) is 0 Å². The summed E-state index contributed by atoms with van der Waals surface area (Å²) in [5.74, 6) is 0.627. The summed E-state index contributed by atoms with van der Waals surface area (Å²) in [6.07, 6.45) is 3.08. The summed E-state index contributed by atoms with van der Waals surface area (Å²) in [6, 6.07) is 14.4. The van der Waals surface area contributed by atoms with Gasteiger partial charge in [0.25, 0.3) is 0 Å². The minimum Gasteiger partial charge on any atom is -0.340 e. The van der Waals surface area contributed by atoms with E-state index in [1.54, 1.807) is 29.3 Å². The standard InChI is InChI=1S/C18H20N4O2/c23-17-10-6-12-22(17)13-15(14-7-2-1-3-8-14)20-18(24)21-16-9-4-5-11-19-16/h1-5,7-9,11,15H,6,10,12-13H2,(H2,19,20,21,24)/t15-/m0/s1. The van der Waals surface area contributed by atoms with Gasteiger partial charge in [-0.3, -0.25) is 10.1 Å². The fourth-order valence-electron chi connectivity index (χ4n) is 2.78. The molecule has 0 bridgehead atoms. The molecule has 1 atom stereocenters. The van der Waals surface area contributed by atoms with E-state index in [1.165, 1.54) is 0 Å². The zero-order valence-corrected chi connectivity index (χ0v) is 13.3. The number of nitrogens with one attached hydrogen (secondary N) is 2. The second kappa shape index (κ2) is 7.59. The van der Waals surface area contributed by atoms with Gasteiger partial charge in [-0.25, -0.2) is 9.78 Å². The largest absolute Gasteiger partial charge is 0.340 e. The second-order valence-corrected chi connectivity index (χ2v) is 5.72. The maximum atomic E-state index is 12.3. The lowest BCUT2D eigenvalue weighted by atomic mass is 10.1. The van der Waals surface area contributed by atoms with Gasteiger partial charge in [0.15, 0.2) is 0 Å². The molecule has 0 aliphatic carbocycles. The molecule has 1 aliphatic rings. The summed E-state index contributed by atoms with van der Waals surface area (Å²) in [7, 11) is 0. The van der Waals surface area contributed by atoms with Crippen LogP contribution in [0.2, 0.25) is 0 Å². The molecule has 3 rings (SSSR count). The van der Waals surface area contributed by atoms with Crippen molar-refractivity contribution in [2.75, 3.05) is 18.4 Å². The van der Waals surface area contributed by atoms with Crippen LogP contribution < -0.4 is 10.6 Å². The van der Waals surface area contributed by atoms with Crippen molar-refractivity contribution in [2.24, 2.45) is 0 Å². The van der Waals surface area contributed by atoms with Gasteiger partial charge in [0, 0.05) is 25.7 Å². The number of carbonyl (C=O) groups is 2. The Morgan fingerprint density at radius 2 is 1.96 bits per heavy atom. The van der Waals surface area contributed by atoms with Crippen LogP contribution in [0.1, 0.15) is 24.4 Å². The number of carbonyl (C=O) groups excluding carboxylic acids is 2. The monoisotopic (exact) mass is 324 g/mol. The van der Waals surface area contributed by atoms with Gasteiger partial charge >= 0.3 is 6.03 Å². The summed E-state index contributed by atoms with van der Waals surface area (Å²) >= 11 is 0. The quantitative estimate of drug-likeness (QED) is 0.887. The van der Waals surface area contributed by atoms with E-state index >= 15 is 0 Å². The van der Waals surface area contributed by atoms with E-state index in [0.29, 0.717) is 18.8 Å². The predicted octanol–water partition coefficient (Wildman–Crippen LogP) is 2.57. The first-order valence-electron chi connectivity index (χ1n) is 8.03. The molecule has 1 fully saturated rings. The van der Waals surface area contributed by atoms with Crippen molar-refractivity contribution in [2.45, 2.75) is 18.9 Å². The summed E-state index contributed by atoms with van der Waals surface area (Å²) in [5.41, 5.74) is 0.966. The third-order valence-corrected chi connectivity index (χ3v) is 3.99. The number of hydrogen-bond donors (Lipinski definition) is 2. The van der Waals surface area contributed by atoms with Gasteiger partial charge in [-0.05, 0) is 24.1 Å². The Hall–Kier alpha value is -2.89. The van der Waals surface area contributed by atoms with E-state index in [4.69, 9.17) is 0 Å². The third-order valence-electron chi connectivity index (χ3n) is 3.99. The fraction of sp³-hybridized carbons (Fsp3) is 0.278. The average molecular weight is 324 g/mol. The van der Waals surface area contributed by atoms with Gasteiger partial charge in [-0.1, -0.05) is 36.4 Å². The summed E-state index contributed by atoms with van der Waals surface area (Å²) in [6.45, 7) is 1.21. The van der Waals surface area contributed by atoms with Crippen LogP contribution in [0.15, 0.2) is 54.7 Å². The highest BCUT2D eigenvalue weighted by Crippen LogP contribution is 2.18. The van der Waals surface area contributed by atoms with Crippen LogP contribution in [0.3, 0.4) is 0 Å². The number of urea groups is 1. The molecular formula is C18H20N4O2. The lowest BCUT2D eigenvalue weighted by Gasteiger charge is -2.25. The minimum absolute atomic E-state index is 0.142. The van der Waals surface area contributed by atoms with E-state index in [0.717, 1.165) is 18.5 Å². The van der Waals surface area contributed by atoms with E-state index in [-0.39, 0.29) is 18.0 Å². The Balaban J connectivity index is 1.69. The molecule has 124 valence electrons. The van der Waals surface area contributed by atoms with E-state index in [2.05, 4.69) is 15.6 Å². The highest BCUT2D eigenvalue weighted by atomic mass is 16.2. The Kier molecular flexibility index (Phi) is 5.05. The van der Waals surface area contributed by atoms with Crippen LogP contribution in [0.25, 0.3) is 0 Å². The number of benzene rings is 1. The summed E-state index contributed by atoms with van der Waals surface area (Å²) in [4.78, 5) is 30.1. The molecule has 0 saturated carbocycles. The molecule has 1 aliphatic heterocycles. The van der Waals surface area contributed by atoms with Gasteiger partial charge in [-0.15, -0.1) is 0 Å². The Bertz CT molecular complexity index is 691. The molecule has 1 aromatic carbocycles. The second-order valence-electron chi connectivity index (χ2n) is 5.72. The van der Waals surface area contributed by atoms with E-state index in [9.17, 15) is 9.59 Å². The molecule has 24 heavy (non-hydrogen) atoms. The zero-order valence-electron chi connectivity index (χ0n) is 13.3. The molecule has 1 aromatic heterocycles. The zero-order chi connectivity index (χ0) is 16.8. The van der Waals surface area contributed by atoms with Crippen molar-refractivity contribution in [1.82, 2.24) is 15.2 Å². The first-order valence-corrected chi connectivity index (χ1v) is 8.03. The number of pyridine rings is 1. The van der Waals surface area contributed by atoms with Crippen molar-refractivity contribution in [3.05, 3.63) is 60.3 Å². The highest BCUT2D eigenvalue weighted by Gasteiger charge is 2.25. The third kappa shape index (κ3) is 4.10. The van der Waals surface area contributed by atoms with Crippen molar-refractivity contribution in [1.29, 1.82) is 0 Å². The molecule has 1 saturated heterocycles. The number of aromatic nitrogens is 1. The lowest BCUT2D eigenvalue weighted by Crippen LogP contribution is -2.40. The van der Waals surface area contributed by atoms with Gasteiger partial charge in [0.1, 0.15) is 5.82 Å². The molecule has 3 amide bonds. The van der Waals surface area contributed by atoms with Crippen LogP contribution in [0, 0.1) is 0 Å². The van der Waals surface area contributed by atoms with Crippen LogP contribution in [-0.2, 0) is 4.79 Å². The van der Waals surface area contributed by atoms with Crippen LogP contribution in [0.4, 0.5) is 10.6 Å². The maximum absolute atomic E-state index is 12.3. The van der Waals surface area contributed by atoms with Crippen molar-refractivity contribution < 1.29 is 9.59 Å². The van der Waals surface area contributed by atoms with Crippen molar-refractivity contribution in [3.63, 3.8) is 0 Å². The first-order chi connectivity index (χ1) is 11.7. The van der Waals surface area contributed by atoms with Crippen molar-refractivity contribution in [3.8, 4) is 0 Å². The molecule has 2 aromatic rings. The van der Waals surface area contributed by atoms with E-state index in [1.807, 2.05) is 30.3 Å². The number of nitrogens with zero attached hydrogens (tertiary/aromatic N) is 2. The molecule has 2 heterocycles. The number of anilines is 1. The normalized spacial score (nSPS) is 15.2. The number of rotatable bonds is 5. The Morgan fingerprint density at radius 3 is 2.62 bits per heavy atom. The molecule has 0 spiro atoms. The van der Waals surface area contributed by atoms with Crippen molar-refractivity contribution >= 4 is 17.8 Å². The molecule has 6 heteroatoms. The number of likely N-dealkylation sites (tertiary alicyclic amines) is 1. The van der Waals surface area contributed by atoms with Gasteiger partial charge < -0.3 is 10.2 Å². The molecular weight excluding hydrogens is 304 g/mol. The van der Waals surface area contributed by atoms with Gasteiger partial charge in [0.2, 0.25) is 5.91 Å². The number of amides is 3.